The molecule has 34 heavy (non-hydrogen) atoms. The lowest BCUT2D eigenvalue weighted by atomic mass is 9.67. The van der Waals surface area contributed by atoms with Gasteiger partial charge in [-0.1, -0.05) is 0 Å². The van der Waals surface area contributed by atoms with E-state index in [1.54, 1.807) is 41.5 Å². The van der Waals surface area contributed by atoms with E-state index in [4.69, 9.17) is 37.9 Å². The van der Waals surface area contributed by atoms with Gasteiger partial charge in [-0.15, -0.1) is 0 Å². The van der Waals surface area contributed by atoms with Gasteiger partial charge in [-0.3, -0.25) is 9.59 Å². The number of methoxy groups -OCH3 is 2. The van der Waals surface area contributed by atoms with E-state index < -0.39 is 47.9 Å². The second-order valence-electron chi connectivity index (χ2n) is 6.88. The molecule has 0 aromatic carbocycles. The number of rotatable bonds is 21. The summed E-state index contributed by atoms with van der Waals surface area (Å²) in [6.45, 7) is 9.91. The summed E-state index contributed by atoms with van der Waals surface area (Å²) >= 11 is 0. The van der Waals surface area contributed by atoms with Crippen molar-refractivity contribution < 1.29 is 57.7 Å². The van der Waals surface area contributed by atoms with Crippen LogP contribution < -0.4 is 0 Å². The monoisotopic (exact) mass is 498 g/mol. The van der Waals surface area contributed by atoms with E-state index in [1.165, 1.54) is 14.2 Å². The van der Waals surface area contributed by atoms with Crippen molar-refractivity contribution >= 4 is 11.9 Å². The smallest absolute Gasteiger partial charge is 0.321 e. The first-order chi connectivity index (χ1) is 16.1. The zero-order valence-corrected chi connectivity index (χ0v) is 21.6. The Labute approximate surface area is 201 Å². The van der Waals surface area contributed by atoms with E-state index in [2.05, 4.69) is 0 Å². The second kappa shape index (κ2) is 15.6. The number of aliphatic carboxylic acids is 2. The molecule has 0 amide bonds. The molecule has 0 radical (unpaired) electrons. The molecule has 0 aliphatic rings. The molecule has 0 aliphatic carbocycles. The Hall–Kier alpha value is -1.38. The van der Waals surface area contributed by atoms with Crippen molar-refractivity contribution in [3.8, 4) is 0 Å². The van der Waals surface area contributed by atoms with Crippen LogP contribution >= 0.6 is 0 Å². The van der Waals surface area contributed by atoms with Crippen LogP contribution in [0.4, 0.5) is 0 Å². The van der Waals surface area contributed by atoms with Gasteiger partial charge in [0, 0.05) is 53.9 Å². The molecule has 0 aliphatic heterocycles. The minimum Gasteiger partial charge on any atom is -0.481 e. The third-order valence-electron chi connectivity index (χ3n) is 5.19. The molecule has 0 aromatic heterocycles. The van der Waals surface area contributed by atoms with Crippen LogP contribution in [0.5, 0.6) is 0 Å². The largest absolute Gasteiger partial charge is 0.481 e. The van der Waals surface area contributed by atoms with Gasteiger partial charge < -0.3 is 48.1 Å². The van der Waals surface area contributed by atoms with Crippen molar-refractivity contribution in [2.75, 3.05) is 53.9 Å². The summed E-state index contributed by atoms with van der Waals surface area (Å²) in [5.41, 5.74) is -2.68. The Morgan fingerprint density at radius 1 is 0.647 bits per heavy atom. The van der Waals surface area contributed by atoms with Crippen LogP contribution in [0.2, 0.25) is 0 Å². The van der Waals surface area contributed by atoms with Crippen molar-refractivity contribution in [2.45, 2.75) is 72.1 Å². The van der Waals surface area contributed by atoms with Crippen LogP contribution in [-0.2, 0) is 47.5 Å². The van der Waals surface area contributed by atoms with Crippen molar-refractivity contribution in [2.24, 2.45) is 5.41 Å². The summed E-state index contributed by atoms with van der Waals surface area (Å²) in [4.78, 5) is 25.6. The van der Waals surface area contributed by atoms with Crippen molar-refractivity contribution in [1.82, 2.24) is 0 Å². The lowest BCUT2D eigenvalue weighted by Gasteiger charge is -2.56. The Balaban J connectivity index is 7.86. The molecular weight excluding hydrogens is 456 g/mol. The lowest BCUT2D eigenvalue weighted by Crippen LogP contribution is -2.77. The SMILES string of the molecule is CCOC(OCC)C(OC)(OCC)C(CC(=O)O)(C(=O)O)C(OC)(OCC)C(OCC)OCC. The standard InChI is InChI=1S/C22H42O12/c1-9-29-18(30-10-2)21(27-7,33-13-5)20(17(25)26,15-16(23)24)22(28-8,34-14-6)19(31-11-3)32-12-4/h18-19H,9-15H2,1-8H3,(H,23,24)(H,25,26). The van der Waals surface area contributed by atoms with Gasteiger partial charge in [0.25, 0.3) is 0 Å². The molecule has 0 aromatic rings. The summed E-state index contributed by atoms with van der Waals surface area (Å²) < 4.78 is 46.3. The Morgan fingerprint density at radius 3 is 1.15 bits per heavy atom. The molecule has 202 valence electrons. The van der Waals surface area contributed by atoms with Crippen LogP contribution in [0.25, 0.3) is 0 Å². The first kappa shape index (κ1) is 32.6. The molecule has 0 rings (SSSR count). The maximum absolute atomic E-state index is 13.3. The van der Waals surface area contributed by atoms with Gasteiger partial charge in [0.2, 0.25) is 24.2 Å². The van der Waals surface area contributed by atoms with Gasteiger partial charge in [-0.25, -0.2) is 0 Å². The third-order valence-corrected chi connectivity index (χ3v) is 5.19. The first-order valence-electron chi connectivity index (χ1n) is 11.4. The third kappa shape index (κ3) is 6.24. The topological polar surface area (TPSA) is 148 Å². The maximum Gasteiger partial charge on any atom is 0.321 e. The lowest BCUT2D eigenvalue weighted by molar-refractivity contribution is -0.460. The van der Waals surface area contributed by atoms with Crippen LogP contribution in [0.15, 0.2) is 0 Å². The van der Waals surface area contributed by atoms with Crippen molar-refractivity contribution in [1.29, 1.82) is 0 Å². The van der Waals surface area contributed by atoms with Crippen LogP contribution in [0.1, 0.15) is 48.0 Å². The predicted molar refractivity (Wildman–Crippen MR) is 119 cm³/mol. The van der Waals surface area contributed by atoms with Gasteiger partial charge in [-0.05, 0) is 41.5 Å². The van der Waals surface area contributed by atoms with Gasteiger partial charge in [0.15, 0.2) is 5.41 Å². The number of ether oxygens (including phenoxy) is 8. The summed E-state index contributed by atoms with van der Waals surface area (Å²) in [5, 5.41) is 20.8. The maximum atomic E-state index is 13.3. The number of hydrogen-bond donors (Lipinski definition) is 2. The summed E-state index contributed by atoms with van der Waals surface area (Å²) in [7, 11) is 2.34. The molecule has 0 fully saturated rings. The average molecular weight is 499 g/mol. The van der Waals surface area contributed by atoms with Gasteiger partial charge in [-0.2, -0.15) is 0 Å². The molecule has 0 saturated carbocycles. The van der Waals surface area contributed by atoms with E-state index in [0.717, 1.165) is 0 Å². The highest BCUT2D eigenvalue weighted by atomic mass is 16.8. The van der Waals surface area contributed by atoms with Crippen LogP contribution in [-0.4, -0.2) is 100 Å². The second-order valence-corrected chi connectivity index (χ2v) is 6.88. The highest BCUT2D eigenvalue weighted by molar-refractivity contribution is 5.84. The fourth-order valence-electron chi connectivity index (χ4n) is 4.10. The van der Waals surface area contributed by atoms with Crippen molar-refractivity contribution in [3.63, 3.8) is 0 Å². The zero-order valence-electron chi connectivity index (χ0n) is 21.6. The highest BCUT2D eigenvalue weighted by Crippen LogP contribution is 2.54. The number of carboxylic acid groups (broad SMARTS) is 2. The first-order valence-corrected chi connectivity index (χ1v) is 11.4. The number of carbonyl (C=O) groups is 2. The minimum absolute atomic E-state index is 0.0700. The van der Waals surface area contributed by atoms with E-state index in [9.17, 15) is 19.8 Å². The van der Waals surface area contributed by atoms with Crippen molar-refractivity contribution in [3.05, 3.63) is 0 Å². The Morgan fingerprint density at radius 2 is 0.971 bits per heavy atom. The molecular formula is C22H42O12. The molecule has 0 bridgehead atoms. The molecule has 0 heterocycles. The molecule has 0 saturated heterocycles. The quantitative estimate of drug-likeness (QED) is 0.223. The average Bonchev–Trinajstić information content (AvgIpc) is 2.79. The molecule has 2 atom stereocenters. The van der Waals surface area contributed by atoms with Crippen LogP contribution in [0.3, 0.4) is 0 Å². The molecule has 12 heteroatoms. The molecule has 2 N–H and O–H groups in total. The van der Waals surface area contributed by atoms with Gasteiger partial charge in [0.05, 0.1) is 6.42 Å². The normalized spacial score (nSPS) is 17.4. The van der Waals surface area contributed by atoms with E-state index >= 15 is 0 Å². The van der Waals surface area contributed by atoms with Gasteiger partial charge in [0.1, 0.15) is 0 Å². The summed E-state index contributed by atoms with van der Waals surface area (Å²) in [5.74, 6) is -7.96. The molecule has 2 unspecified atom stereocenters. The minimum atomic E-state index is -2.68. The molecule has 12 nitrogen and oxygen atoms in total. The Kier molecular flexibility index (Phi) is 14.9. The number of carboxylic acids is 2. The van der Waals surface area contributed by atoms with Gasteiger partial charge >= 0.3 is 11.9 Å². The van der Waals surface area contributed by atoms with E-state index in [1.807, 2.05) is 0 Å². The summed E-state index contributed by atoms with van der Waals surface area (Å²) in [6.07, 6.45) is -4.08. The predicted octanol–water partition coefficient (Wildman–Crippen LogP) is 2.09. The fraction of sp³-hybridized carbons (Fsp3) is 0.909. The van der Waals surface area contributed by atoms with E-state index in [-0.39, 0.29) is 39.6 Å². The Bertz CT molecular complexity index is 554. The zero-order chi connectivity index (χ0) is 26.4. The summed E-state index contributed by atoms with van der Waals surface area (Å²) in [6, 6.07) is 0. The van der Waals surface area contributed by atoms with Crippen LogP contribution in [0, 0.1) is 5.41 Å². The van der Waals surface area contributed by atoms with E-state index in [0.29, 0.717) is 0 Å². The highest BCUT2D eigenvalue weighted by Gasteiger charge is 2.78. The fourth-order valence-corrected chi connectivity index (χ4v) is 4.10. The number of hydrogen-bond acceptors (Lipinski definition) is 10. The molecule has 0 spiro atoms.